The molecule has 0 heterocycles. The van der Waals surface area contributed by atoms with E-state index in [-0.39, 0.29) is 6.04 Å². The van der Waals surface area contributed by atoms with Crippen molar-refractivity contribution < 1.29 is 0 Å². The molecule has 0 aliphatic carbocycles. The van der Waals surface area contributed by atoms with E-state index in [4.69, 9.17) is 5.73 Å². The van der Waals surface area contributed by atoms with Crippen LogP contribution in [0.25, 0.3) is 0 Å². The molecule has 0 spiro atoms. The van der Waals surface area contributed by atoms with Crippen molar-refractivity contribution in [1.82, 2.24) is 0 Å². The molecule has 96 valence electrons. The number of nitrogens with zero attached hydrogens (tertiary/aromatic N) is 1. The lowest BCUT2D eigenvalue weighted by atomic mass is 10.0. The molecule has 0 unspecified atom stereocenters. The molecule has 0 bridgehead atoms. The van der Waals surface area contributed by atoms with Gasteiger partial charge in [0.2, 0.25) is 0 Å². The van der Waals surface area contributed by atoms with Crippen LogP contribution < -0.4 is 10.6 Å². The van der Waals surface area contributed by atoms with Crippen molar-refractivity contribution >= 4 is 5.69 Å². The molecule has 2 nitrogen and oxygen atoms in total. The van der Waals surface area contributed by atoms with Crippen LogP contribution in [0.2, 0.25) is 0 Å². The summed E-state index contributed by atoms with van der Waals surface area (Å²) >= 11 is 0. The van der Waals surface area contributed by atoms with Crippen molar-refractivity contribution in [2.45, 2.75) is 52.1 Å². The minimum Gasteiger partial charge on any atom is -0.372 e. The first kappa shape index (κ1) is 14.0. The molecule has 1 aromatic carbocycles. The lowest BCUT2D eigenvalue weighted by Crippen LogP contribution is -2.30. The second-order valence-electron chi connectivity index (χ2n) is 4.69. The zero-order valence-electron chi connectivity index (χ0n) is 11.6. The largest absolute Gasteiger partial charge is 0.372 e. The molecular formula is C15H26N2. The Kier molecular flexibility index (Phi) is 5.49. The average molecular weight is 234 g/mol. The van der Waals surface area contributed by atoms with Gasteiger partial charge in [0.05, 0.1) is 0 Å². The van der Waals surface area contributed by atoms with Crippen molar-refractivity contribution in [3.05, 3.63) is 29.8 Å². The fraction of sp³-hybridized carbons (Fsp3) is 0.600. The molecule has 0 radical (unpaired) electrons. The van der Waals surface area contributed by atoms with Gasteiger partial charge in [-0.05, 0) is 37.0 Å². The van der Waals surface area contributed by atoms with Gasteiger partial charge in [0.1, 0.15) is 0 Å². The van der Waals surface area contributed by atoms with Crippen LogP contribution in [0.3, 0.4) is 0 Å². The summed E-state index contributed by atoms with van der Waals surface area (Å²) in [6.45, 7) is 6.60. The predicted molar refractivity (Wildman–Crippen MR) is 76.4 cm³/mol. The van der Waals surface area contributed by atoms with E-state index in [9.17, 15) is 0 Å². The average Bonchev–Trinajstić information content (AvgIpc) is 2.39. The van der Waals surface area contributed by atoms with Crippen molar-refractivity contribution in [2.75, 3.05) is 11.9 Å². The number of benzene rings is 1. The van der Waals surface area contributed by atoms with Crippen LogP contribution in [0.4, 0.5) is 5.69 Å². The lowest BCUT2D eigenvalue weighted by Gasteiger charge is -2.28. The van der Waals surface area contributed by atoms with E-state index in [1.807, 2.05) is 0 Å². The number of hydrogen-bond donors (Lipinski definition) is 1. The van der Waals surface area contributed by atoms with E-state index in [0.717, 1.165) is 6.42 Å². The van der Waals surface area contributed by atoms with Crippen LogP contribution in [0.1, 0.15) is 51.6 Å². The van der Waals surface area contributed by atoms with Gasteiger partial charge in [0.15, 0.2) is 0 Å². The van der Waals surface area contributed by atoms with Gasteiger partial charge in [-0.25, -0.2) is 0 Å². The maximum absolute atomic E-state index is 6.02. The van der Waals surface area contributed by atoms with Gasteiger partial charge in [0, 0.05) is 24.8 Å². The second kappa shape index (κ2) is 6.65. The monoisotopic (exact) mass is 234 g/mol. The lowest BCUT2D eigenvalue weighted by molar-refractivity contribution is 0.591. The van der Waals surface area contributed by atoms with Crippen LogP contribution in [0, 0.1) is 0 Å². The number of nitrogens with two attached hydrogens (primary N) is 1. The predicted octanol–water partition coefficient (Wildman–Crippen LogP) is 3.72. The molecular weight excluding hydrogens is 208 g/mol. The second-order valence-corrected chi connectivity index (χ2v) is 4.69. The summed E-state index contributed by atoms with van der Waals surface area (Å²) in [4.78, 5) is 2.36. The molecule has 0 aliphatic rings. The van der Waals surface area contributed by atoms with E-state index < -0.39 is 0 Å². The number of hydrogen-bond acceptors (Lipinski definition) is 2. The zero-order chi connectivity index (χ0) is 12.8. The van der Waals surface area contributed by atoms with E-state index in [2.05, 4.69) is 57.0 Å². The highest BCUT2D eigenvalue weighted by molar-refractivity contribution is 5.48. The van der Waals surface area contributed by atoms with Crippen LogP contribution in [-0.2, 0) is 0 Å². The highest BCUT2D eigenvalue weighted by Gasteiger charge is 2.11. The summed E-state index contributed by atoms with van der Waals surface area (Å²) in [5.74, 6) is 0. The van der Waals surface area contributed by atoms with Gasteiger partial charge in [-0.3, -0.25) is 0 Å². The van der Waals surface area contributed by atoms with Crippen LogP contribution in [0.5, 0.6) is 0 Å². The minimum atomic E-state index is 0.169. The Bertz CT molecular complexity index is 314. The van der Waals surface area contributed by atoms with Crippen LogP contribution >= 0.6 is 0 Å². The standard InChI is InChI=1S/C15H26N2/c1-5-13(6-2)17(4)14-10-8-12(9-11-14)15(16)7-3/h8-11,13,15H,5-7,16H2,1-4H3/t15-/m1/s1. The third-order valence-corrected chi connectivity index (χ3v) is 3.66. The van der Waals surface area contributed by atoms with Crippen molar-refractivity contribution in [1.29, 1.82) is 0 Å². The summed E-state index contributed by atoms with van der Waals surface area (Å²) in [6.07, 6.45) is 3.36. The fourth-order valence-electron chi connectivity index (χ4n) is 2.24. The smallest absolute Gasteiger partial charge is 0.0366 e. The zero-order valence-corrected chi connectivity index (χ0v) is 11.6. The SMILES string of the molecule is CCC(CC)N(C)c1ccc([C@H](N)CC)cc1. The maximum Gasteiger partial charge on any atom is 0.0366 e. The molecule has 0 amide bonds. The molecule has 0 aliphatic heterocycles. The first-order valence-electron chi connectivity index (χ1n) is 6.72. The summed E-state index contributed by atoms with van der Waals surface area (Å²) in [6, 6.07) is 9.47. The summed E-state index contributed by atoms with van der Waals surface area (Å²) < 4.78 is 0. The Morgan fingerprint density at radius 3 is 1.94 bits per heavy atom. The molecule has 1 aromatic rings. The summed E-state index contributed by atoms with van der Waals surface area (Å²) in [5, 5.41) is 0. The molecule has 2 heteroatoms. The van der Waals surface area contributed by atoms with E-state index >= 15 is 0 Å². The van der Waals surface area contributed by atoms with E-state index in [0.29, 0.717) is 6.04 Å². The Morgan fingerprint density at radius 1 is 1.00 bits per heavy atom. The summed E-state index contributed by atoms with van der Waals surface area (Å²) in [7, 11) is 2.17. The normalized spacial score (nSPS) is 12.8. The number of anilines is 1. The quantitative estimate of drug-likeness (QED) is 0.813. The molecule has 0 saturated carbocycles. The van der Waals surface area contributed by atoms with Gasteiger partial charge in [-0.15, -0.1) is 0 Å². The van der Waals surface area contributed by atoms with Crippen molar-refractivity contribution in [2.24, 2.45) is 5.73 Å². The van der Waals surface area contributed by atoms with Gasteiger partial charge < -0.3 is 10.6 Å². The van der Waals surface area contributed by atoms with Crippen molar-refractivity contribution in [3.8, 4) is 0 Å². The highest BCUT2D eigenvalue weighted by Crippen LogP contribution is 2.22. The molecule has 1 rings (SSSR count). The third kappa shape index (κ3) is 3.47. The Balaban J connectivity index is 2.79. The molecule has 1 atom stereocenters. The van der Waals surface area contributed by atoms with E-state index in [1.54, 1.807) is 0 Å². The molecule has 0 aromatic heterocycles. The fourth-order valence-corrected chi connectivity index (χ4v) is 2.24. The number of rotatable bonds is 6. The van der Waals surface area contributed by atoms with Gasteiger partial charge in [0.25, 0.3) is 0 Å². The van der Waals surface area contributed by atoms with Gasteiger partial charge in [-0.1, -0.05) is 32.9 Å². The highest BCUT2D eigenvalue weighted by atomic mass is 15.1. The Morgan fingerprint density at radius 2 is 1.53 bits per heavy atom. The van der Waals surface area contributed by atoms with Crippen LogP contribution in [0.15, 0.2) is 24.3 Å². The minimum absolute atomic E-state index is 0.169. The molecule has 17 heavy (non-hydrogen) atoms. The molecule has 0 saturated heterocycles. The molecule has 2 N–H and O–H groups in total. The van der Waals surface area contributed by atoms with Gasteiger partial charge >= 0.3 is 0 Å². The maximum atomic E-state index is 6.02. The first-order chi connectivity index (χ1) is 8.13. The van der Waals surface area contributed by atoms with Gasteiger partial charge in [-0.2, -0.15) is 0 Å². The third-order valence-electron chi connectivity index (χ3n) is 3.66. The van der Waals surface area contributed by atoms with Crippen molar-refractivity contribution in [3.63, 3.8) is 0 Å². The first-order valence-corrected chi connectivity index (χ1v) is 6.72. The molecule has 0 fully saturated rings. The Labute approximate surface area is 106 Å². The summed E-state index contributed by atoms with van der Waals surface area (Å²) in [5.41, 5.74) is 8.53. The Hall–Kier alpha value is -1.02. The topological polar surface area (TPSA) is 29.3 Å². The van der Waals surface area contributed by atoms with E-state index in [1.165, 1.54) is 24.1 Å². The van der Waals surface area contributed by atoms with Crippen LogP contribution in [-0.4, -0.2) is 13.1 Å².